The predicted octanol–water partition coefficient (Wildman–Crippen LogP) is 3.79. The van der Waals surface area contributed by atoms with Gasteiger partial charge < -0.3 is 19.5 Å². The van der Waals surface area contributed by atoms with Gasteiger partial charge in [0.15, 0.2) is 0 Å². The first-order valence-electron chi connectivity index (χ1n) is 11.5. The van der Waals surface area contributed by atoms with Crippen LogP contribution in [0, 0.1) is 0 Å². The molecule has 1 amide bonds. The molecule has 1 aliphatic heterocycles. The second-order valence-electron chi connectivity index (χ2n) is 8.33. The first kappa shape index (κ1) is 22.1. The summed E-state index contributed by atoms with van der Waals surface area (Å²) < 4.78 is 8.18. The molecule has 168 valence electrons. The fourth-order valence-corrected chi connectivity index (χ4v) is 4.04. The number of rotatable bonds is 10. The Morgan fingerprint density at radius 2 is 1.81 bits per heavy atom. The number of carbonyl (C=O) groups is 1. The summed E-state index contributed by atoms with van der Waals surface area (Å²) >= 11 is 0. The number of nitrogens with one attached hydrogen (secondary N) is 1. The minimum Gasteiger partial charge on any atom is -0.490 e. The van der Waals surface area contributed by atoms with Crippen molar-refractivity contribution in [2.24, 2.45) is 0 Å². The highest BCUT2D eigenvalue weighted by atomic mass is 16.5. The normalized spacial score (nSPS) is 14.9. The molecule has 2 aromatic carbocycles. The van der Waals surface area contributed by atoms with Gasteiger partial charge in [-0.3, -0.25) is 4.79 Å². The van der Waals surface area contributed by atoms with Crippen LogP contribution in [0.5, 0.6) is 5.75 Å². The van der Waals surface area contributed by atoms with Crippen molar-refractivity contribution in [3.63, 3.8) is 0 Å². The monoisotopic (exact) mass is 432 g/mol. The van der Waals surface area contributed by atoms with E-state index >= 15 is 0 Å². The van der Waals surface area contributed by atoms with E-state index in [0.717, 1.165) is 57.6 Å². The summed E-state index contributed by atoms with van der Waals surface area (Å²) in [5, 5.41) is 2.97. The molecule has 1 aliphatic rings. The van der Waals surface area contributed by atoms with Gasteiger partial charge in [-0.05, 0) is 55.5 Å². The highest BCUT2D eigenvalue weighted by molar-refractivity contribution is 5.94. The van der Waals surface area contributed by atoms with Crippen LogP contribution in [0.15, 0.2) is 73.3 Å². The zero-order chi connectivity index (χ0) is 22.0. The summed E-state index contributed by atoms with van der Waals surface area (Å²) in [7, 11) is 0. The van der Waals surface area contributed by atoms with E-state index in [2.05, 4.69) is 45.5 Å². The van der Waals surface area contributed by atoms with E-state index < -0.39 is 0 Å². The number of hydrogen-bond acceptors (Lipinski definition) is 4. The number of amides is 1. The lowest BCUT2D eigenvalue weighted by molar-refractivity contribution is 0.0952. The summed E-state index contributed by atoms with van der Waals surface area (Å²) in [4.78, 5) is 18.9. The van der Waals surface area contributed by atoms with Crippen molar-refractivity contribution in [3.05, 3.63) is 84.4 Å². The van der Waals surface area contributed by atoms with Gasteiger partial charge in [-0.15, -0.1) is 0 Å². The van der Waals surface area contributed by atoms with Crippen LogP contribution in [0.4, 0.5) is 0 Å². The fraction of sp³-hybridized carbons (Fsp3) is 0.385. The Bertz CT molecular complexity index is 934. The lowest BCUT2D eigenvalue weighted by Gasteiger charge is -2.32. The summed E-state index contributed by atoms with van der Waals surface area (Å²) in [6.45, 7) is 4.72. The molecule has 0 atom stereocenters. The first-order valence-corrected chi connectivity index (χ1v) is 11.5. The van der Waals surface area contributed by atoms with Crippen molar-refractivity contribution in [2.75, 3.05) is 26.2 Å². The summed E-state index contributed by atoms with van der Waals surface area (Å²) in [6.07, 6.45) is 9.75. The molecule has 0 unspecified atom stereocenters. The molecule has 0 aliphatic carbocycles. The highest BCUT2D eigenvalue weighted by Crippen LogP contribution is 2.20. The van der Waals surface area contributed by atoms with Crippen LogP contribution in [-0.2, 0) is 13.0 Å². The lowest BCUT2D eigenvalue weighted by Crippen LogP contribution is -2.39. The van der Waals surface area contributed by atoms with Gasteiger partial charge in [0.05, 0.1) is 6.33 Å². The number of piperidine rings is 1. The molecular formula is C26H32N4O2. The van der Waals surface area contributed by atoms with Crippen molar-refractivity contribution in [2.45, 2.75) is 38.3 Å². The maximum absolute atomic E-state index is 12.3. The number of imidazole rings is 1. The van der Waals surface area contributed by atoms with Crippen LogP contribution < -0.4 is 10.1 Å². The molecule has 0 spiro atoms. The molecular weight excluding hydrogens is 400 g/mol. The Balaban J connectivity index is 1.14. The zero-order valence-corrected chi connectivity index (χ0v) is 18.5. The van der Waals surface area contributed by atoms with E-state index in [-0.39, 0.29) is 12.0 Å². The second-order valence-corrected chi connectivity index (χ2v) is 8.33. The van der Waals surface area contributed by atoms with Crippen LogP contribution in [0.3, 0.4) is 0 Å². The second kappa shape index (κ2) is 11.5. The Kier molecular flexibility index (Phi) is 7.93. The quantitative estimate of drug-likeness (QED) is 0.495. The zero-order valence-electron chi connectivity index (χ0n) is 18.5. The minimum absolute atomic E-state index is 0.0473. The van der Waals surface area contributed by atoms with E-state index in [1.54, 1.807) is 12.5 Å². The van der Waals surface area contributed by atoms with E-state index in [1.807, 2.05) is 35.0 Å². The number of benzene rings is 2. The van der Waals surface area contributed by atoms with E-state index in [0.29, 0.717) is 12.1 Å². The molecule has 1 fully saturated rings. The van der Waals surface area contributed by atoms with Gasteiger partial charge in [0, 0.05) is 50.7 Å². The molecule has 6 heteroatoms. The lowest BCUT2D eigenvalue weighted by atomic mass is 10.1. The van der Waals surface area contributed by atoms with Crippen LogP contribution in [-0.4, -0.2) is 52.6 Å². The van der Waals surface area contributed by atoms with Crippen molar-refractivity contribution in [3.8, 4) is 5.75 Å². The molecule has 2 heterocycles. The fourth-order valence-electron chi connectivity index (χ4n) is 4.04. The largest absolute Gasteiger partial charge is 0.490 e. The van der Waals surface area contributed by atoms with Crippen LogP contribution >= 0.6 is 0 Å². The Morgan fingerprint density at radius 3 is 2.53 bits per heavy atom. The van der Waals surface area contributed by atoms with Crippen LogP contribution in [0.25, 0.3) is 0 Å². The summed E-state index contributed by atoms with van der Waals surface area (Å²) in [6, 6.07) is 18.2. The molecule has 1 saturated heterocycles. The van der Waals surface area contributed by atoms with E-state index in [9.17, 15) is 4.79 Å². The van der Waals surface area contributed by atoms with Gasteiger partial charge >= 0.3 is 0 Å². The Labute approximate surface area is 190 Å². The van der Waals surface area contributed by atoms with Gasteiger partial charge in [0.25, 0.3) is 5.91 Å². The summed E-state index contributed by atoms with van der Waals surface area (Å²) in [5.74, 6) is 0.790. The molecule has 4 rings (SSSR count). The number of aryl methyl sites for hydroxylation is 1. The van der Waals surface area contributed by atoms with Crippen molar-refractivity contribution in [1.82, 2.24) is 19.8 Å². The third-order valence-corrected chi connectivity index (χ3v) is 5.95. The average molecular weight is 433 g/mol. The average Bonchev–Trinajstić information content (AvgIpc) is 3.36. The SMILES string of the molecule is O=C(NCCCn1ccnc1)c1ccc(OC2CCN(CCc3ccccc3)CC2)cc1. The first-order chi connectivity index (χ1) is 15.8. The van der Waals surface area contributed by atoms with Crippen LogP contribution in [0.1, 0.15) is 35.2 Å². The Hall–Kier alpha value is -3.12. The van der Waals surface area contributed by atoms with Crippen molar-refractivity contribution < 1.29 is 9.53 Å². The molecule has 0 radical (unpaired) electrons. The molecule has 3 aromatic rings. The van der Waals surface area contributed by atoms with Crippen LogP contribution in [0.2, 0.25) is 0 Å². The predicted molar refractivity (Wildman–Crippen MR) is 126 cm³/mol. The van der Waals surface area contributed by atoms with Crippen molar-refractivity contribution >= 4 is 5.91 Å². The third kappa shape index (κ3) is 6.69. The maximum atomic E-state index is 12.3. The van der Waals surface area contributed by atoms with E-state index in [4.69, 9.17) is 4.74 Å². The Morgan fingerprint density at radius 1 is 1.03 bits per heavy atom. The van der Waals surface area contributed by atoms with E-state index in [1.165, 1.54) is 5.56 Å². The molecule has 32 heavy (non-hydrogen) atoms. The number of nitrogens with zero attached hydrogens (tertiary/aromatic N) is 3. The van der Waals surface area contributed by atoms with Gasteiger partial charge in [0.1, 0.15) is 11.9 Å². The molecule has 0 bridgehead atoms. The number of hydrogen-bond donors (Lipinski definition) is 1. The molecule has 6 nitrogen and oxygen atoms in total. The van der Waals surface area contributed by atoms with Crippen molar-refractivity contribution in [1.29, 1.82) is 0 Å². The number of ether oxygens (including phenoxy) is 1. The number of likely N-dealkylation sites (tertiary alicyclic amines) is 1. The maximum Gasteiger partial charge on any atom is 0.251 e. The topological polar surface area (TPSA) is 59.4 Å². The minimum atomic E-state index is -0.0473. The van der Waals surface area contributed by atoms with Gasteiger partial charge in [0.2, 0.25) is 0 Å². The van der Waals surface area contributed by atoms with Gasteiger partial charge in [-0.1, -0.05) is 30.3 Å². The highest BCUT2D eigenvalue weighted by Gasteiger charge is 2.20. The molecule has 1 aromatic heterocycles. The number of aromatic nitrogens is 2. The molecule has 0 saturated carbocycles. The molecule has 1 N–H and O–H groups in total. The number of carbonyl (C=O) groups excluding carboxylic acids is 1. The summed E-state index contributed by atoms with van der Waals surface area (Å²) in [5.41, 5.74) is 2.06. The van der Waals surface area contributed by atoms with Gasteiger partial charge in [-0.2, -0.15) is 0 Å². The smallest absolute Gasteiger partial charge is 0.251 e. The van der Waals surface area contributed by atoms with Gasteiger partial charge in [-0.25, -0.2) is 4.98 Å². The standard InChI is InChI=1S/C26H32N4O2/c31-26(28-14-4-16-30-20-15-27-21-30)23-7-9-24(10-8-23)32-25-12-18-29(19-13-25)17-11-22-5-2-1-3-6-22/h1-3,5-10,15,20-21,25H,4,11-14,16-19H2,(H,28,31). The third-order valence-electron chi connectivity index (χ3n) is 5.95.